The van der Waals surface area contributed by atoms with Crippen LogP contribution in [0.2, 0.25) is 0 Å². The van der Waals surface area contributed by atoms with Gasteiger partial charge in [0, 0.05) is 4.88 Å². The third kappa shape index (κ3) is 1.59. The number of nitrogens with zero attached hydrogens (tertiary/aromatic N) is 2. The third-order valence-electron chi connectivity index (χ3n) is 2.48. The molecule has 1 aromatic heterocycles. The molecule has 1 aliphatic heterocycles. The molecule has 0 fully saturated rings. The molecule has 1 unspecified atom stereocenters. The lowest BCUT2D eigenvalue weighted by atomic mass is 10.2. The van der Waals surface area contributed by atoms with Crippen LogP contribution in [0.4, 0.5) is 0 Å². The van der Waals surface area contributed by atoms with Gasteiger partial charge in [-0.1, -0.05) is 18.2 Å². The van der Waals surface area contributed by atoms with Crippen molar-refractivity contribution >= 4 is 11.3 Å². The van der Waals surface area contributed by atoms with Crippen molar-refractivity contribution in [2.24, 2.45) is 9.98 Å². The minimum absolute atomic E-state index is 0.222. The normalized spacial score (nSPS) is 18.8. The number of hydrogen-bond donors (Lipinski definition) is 0. The highest BCUT2D eigenvalue weighted by Gasteiger charge is 2.12. The van der Waals surface area contributed by atoms with Crippen molar-refractivity contribution in [3.05, 3.63) is 57.4 Å². The van der Waals surface area contributed by atoms with E-state index in [0.29, 0.717) is 0 Å². The van der Waals surface area contributed by atoms with Gasteiger partial charge in [0.15, 0.2) is 0 Å². The van der Waals surface area contributed by atoms with Gasteiger partial charge in [-0.15, -0.1) is 11.3 Å². The van der Waals surface area contributed by atoms with Crippen molar-refractivity contribution in [3.63, 3.8) is 0 Å². The van der Waals surface area contributed by atoms with E-state index >= 15 is 0 Å². The summed E-state index contributed by atoms with van der Waals surface area (Å²) in [4.78, 5) is 10.5. The number of rotatable bonds is 1. The number of thiophene rings is 1. The van der Waals surface area contributed by atoms with Gasteiger partial charge in [0.05, 0.1) is 17.3 Å². The molecule has 2 aromatic rings. The Morgan fingerprint density at radius 2 is 1.93 bits per heavy atom. The second-order valence-corrected chi connectivity index (χ2v) is 4.47. The molecule has 0 bridgehead atoms. The average Bonchev–Trinajstić information content (AvgIpc) is 2.82. The third-order valence-corrected chi connectivity index (χ3v) is 3.46. The fourth-order valence-electron chi connectivity index (χ4n) is 1.74. The van der Waals surface area contributed by atoms with Crippen molar-refractivity contribution in [3.8, 4) is 0 Å². The number of hydrogen-bond acceptors (Lipinski definition) is 3. The maximum Gasteiger partial charge on any atom is 0.104 e. The Morgan fingerprint density at radius 1 is 1.07 bits per heavy atom. The van der Waals surface area contributed by atoms with Gasteiger partial charge >= 0.3 is 0 Å². The highest BCUT2D eigenvalue weighted by Crippen LogP contribution is 2.22. The highest BCUT2D eigenvalue weighted by atomic mass is 32.1. The first-order chi connectivity index (χ1) is 7.43. The average molecular weight is 214 g/mol. The first-order valence-corrected chi connectivity index (χ1v) is 5.82. The van der Waals surface area contributed by atoms with Gasteiger partial charge in [-0.3, -0.25) is 9.98 Å². The van der Waals surface area contributed by atoms with Crippen LogP contribution in [0.3, 0.4) is 0 Å². The molecule has 0 radical (unpaired) electrons. The summed E-state index contributed by atoms with van der Waals surface area (Å²) >= 11 is 1.75. The van der Waals surface area contributed by atoms with Crippen LogP contribution in [0.1, 0.15) is 10.9 Å². The first kappa shape index (κ1) is 8.80. The van der Waals surface area contributed by atoms with Crippen molar-refractivity contribution in [2.45, 2.75) is 6.04 Å². The lowest BCUT2D eigenvalue weighted by molar-refractivity contribution is 0.691. The Balaban J connectivity index is 2.11. The summed E-state index contributed by atoms with van der Waals surface area (Å²) in [5, 5.41) is 4.12. The maximum atomic E-state index is 4.70. The first-order valence-electron chi connectivity index (χ1n) is 4.94. The van der Waals surface area contributed by atoms with Gasteiger partial charge in [0.25, 0.3) is 0 Å². The zero-order chi connectivity index (χ0) is 10.1. The predicted molar refractivity (Wildman–Crippen MR) is 60.7 cm³/mol. The topological polar surface area (TPSA) is 24.7 Å². The molecular formula is C12H10N2S. The van der Waals surface area contributed by atoms with Crippen molar-refractivity contribution < 1.29 is 0 Å². The van der Waals surface area contributed by atoms with Gasteiger partial charge in [-0.05, 0) is 23.6 Å². The van der Waals surface area contributed by atoms with Crippen molar-refractivity contribution in [1.82, 2.24) is 0 Å². The van der Waals surface area contributed by atoms with Crippen LogP contribution in [-0.2, 0) is 0 Å². The molecule has 0 amide bonds. The Morgan fingerprint density at radius 3 is 2.73 bits per heavy atom. The molecule has 3 heteroatoms. The number of para-hydroxylation sites is 2. The standard InChI is InChI=1S/C12H10N2S/c1-2-5-10-9(4-1)13-8-11(14-10)12-6-3-7-15-12/h1-7,11H,8H2. The SMILES string of the molecule is c1csc(C2CN=c3ccccc3=N2)c1. The van der Waals surface area contributed by atoms with Crippen molar-refractivity contribution in [1.29, 1.82) is 0 Å². The van der Waals surface area contributed by atoms with E-state index in [2.05, 4.69) is 22.5 Å². The molecule has 0 spiro atoms. The quantitative estimate of drug-likeness (QED) is 0.691. The summed E-state index contributed by atoms with van der Waals surface area (Å²) in [6.45, 7) is 0.775. The molecule has 0 N–H and O–H groups in total. The minimum Gasteiger partial charge on any atom is -0.280 e. The second kappa shape index (κ2) is 3.59. The van der Waals surface area contributed by atoms with E-state index in [1.54, 1.807) is 11.3 Å². The zero-order valence-electron chi connectivity index (χ0n) is 8.13. The van der Waals surface area contributed by atoms with E-state index in [1.807, 2.05) is 24.3 Å². The molecule has 0 saturated heterocycles. The van der Waals surface area contributed by atoms with E-state index in [0.717, 1.165) is 17.3 Å². The Bertz CT molecular complexity index is 572. The molecule has 74 valence electrons. The summed E-state index contributed by atoms with van der Waals surface area (Å²) in [5.41, 5.74) is 0. The van der Waals surface area contributed by atoms with E-state index in [1.165, 1.54) is 4.88 Å². The fraction of sp³-hybridized carbons (Fsp3) is 0.167. The monoisotopic (exact) mass is 214 g/mol. The van der Waals surface area contributed by atoms with Crippen LogP contribution in [0.25, 0.3) is 0 Å². The Hall–Kier alpha value is -1.48. The summed E-state index contributed by atoms with van der Waals surface area (Å²) < 4.78 is 0. The van der Waals surface area contributed by atoms with E-state index < -0.39 is 0 Å². The summed E-state index contributed by atoms with van der Waals surface area (Å²) in [5.74, 6) is 0. The Labute approximate surface area is 91.6 Å². The van der Waals surface area contributed by atoms with Crippen LogP contribution in [0.5, 0.6) is 0 Å². The highest BCUT2D eigenvalue weighted by molar-refractivity contribution is 7.10. The summed E-state index contributed by atoms with van der Waals surface area (Å²) in [6.07, 6.45) is 0. The Kier molecular flexibility index (Phi) is 2.10. The van der Waals surface area contributed by atoms with Crippen molar-refractivity contribution in [2.75, 3.05) is 6.54 Å². The van der Waals surface area contributed by atoms with E-state index in [9.17, 15) is 0 Å². The largest absolute Gasteiger partial charge is 0.280 e. The lowest BCUT2D eigenvalue weighted by Gasteiger charge is -2.10. The van der Waals surface area contributed by atoms with Crippen LogP contribution >= 0.6 is 11.3 Å². The maximum absolute atomic E-state index is 4.70. The summed E-state index contributed by atoms with van der Waals surface area (Å²) in [7, 11) is 0. The predicted octanol–water partition coefficient (Wildman–Crippen LogP) is 1.74. The number of benzene rings is 1. The van der Waals surface area contributed by atoms with Crippen LogP contribution in [0, 0.1) is 0 Å². The molecule has 1 aromatic carbocycles. The molecule has 2 nitrogen and oxygen atoms in total. The smallest absolute Gasteiger partial charge is 0.104 e. The van der Waals surface area contributed by atoms with Gasteiger partial charge in [0.2, 0.25) is 0 Å². The van der Waals surface area contributed by atoms with Gasteiger partial charge in [-0.25, -0.2) is 0 Å². The second-order valence-electron chi connectivity index (χ2n) is 3.49. The molecule has 1 atom stereocenters. The summed E-state index contributed by atoms with van der Waals surface area (Å²) in [6, 6.07) is 12.5. The zero-order valence-corrected chi connectivity index (χ0v) is 8.95. The molecule has 15 heavy (non-hydrogen) atoms. The molecular weight excluding hydrogens is 204 g/mol. The molecule has 0 aliphatic carbocycles. The van der Waals surface area contributed by atoms with Gasteiger partial charge in [0.1, 0.15) is 6.04 Å². The molecule has 0 saturated carbocycles. The minimum atomic E-state index is 0.222. The number of fused-ring (bicyclic) bond motifs is 1. The van der Waals surface area contributed by atoms with E-state index in [-0.39, 0.29) is 6.04 Å². The van der Waals surface area contributed by atoms with Gasteiger partial charge < -0.3 is 0 Å². The molecule has 3 rings (SSSR count). The van der Waals surface area contributed by atoms with Crippen LogP contribution in [0.15, 0.2) is 51.8 Å². The van der Waals surface area contributed by atoms with E-state index in [4.69, 9.17) is 4.99 Å². The van der Waals surface area contributed by atoms with Crippen LogP contribution in [-0.4, -0.2) is 6.54 Å². The fourth-order valence-corrected chi connectivity index (χ4v) is 2.49. The van der Waals surface area contributed by atoms with Crippen LogP contribution < -0.4 is 10.7 Å². The lowest BCUT2D eigenvalue weighted by Crippen LogP contribution is -2.30. The van der Waals surface area contributed by atoms with Gasteiger partial charge in [-0.2, -0.15) is 0 Å². The molecule has 2 heterocycles. The molecule has 1 aliphatic rings.